The average Bonchev–Trinajstić information content (AvgIpc) is 2.79. The van der Waals surface area contributed by atoms with Gasteiger partial charge >= 0.3 is 0 Å². The van der Waals surface area contributed by atoms with Crippen molar-refractivity contribution < 1.29 is 4.79 Å². The van der Waals surface area contributed by atoms with Crippen LogP contribution in [0.25, 0.3) is 0 Å². The van der Waals surface area contributed by atoms with Crippen molar-refractivity contribution >= 4 is 11.7 Å². The van der Waals surface area contributed by atoms with E-state index in [0.29, 0.717) is 12.1 Å². The van der Waals surface area contributed by atoms with Crippen LogP contribution in [-0.4, -0.2) is 34.9 Å². The van der Waals surface area contributed by atoms with E-state index in [0.717, 1.165) is 30.6 Å². The molecule has 2 rings (SSSR count). The molecule has 0 bridgehead atoms. The SMILES string of the molecule is CCC1CCC(C)N1C(=O)c1ccnc(NC)c1. The maximum absolute atomic E-state index is 12.6. The Bertz CT molecular complexity index is 433. The zero-order valence-electron chi connectivity index (χ0n) is 11.3. The molecule has 1 aliphatic heterocycles. The summed E-state index contributed by atoms with van der Waals surface area (Å²) >= 11 is 0. The van der Waals surface area contributed by atoms with E-state index in [4.69, 9.17) is 0 Å². The van der Waals surface area contributed by atoms with Gasteiger partial charge in [-0.15, -0.1) is 0 Å². The highest BCUT2D eigenvalue weighted by Crippen LogP contribution is 2.28. The number of pyridine rings is 1. The first-order chi connectivity index (χ1) is 8.67. The van der Waals surface area contributed by atoms with Crippen LogP contribution in [0, 0.1) is 0 Å². The summed E-state index contributed by atoms with van der Waals surface area (Å²) in [5.41, 5.74) is 0.724. The monoisotopic (exact) mass is 247 g/mol. The van der Waals surface area contributed by atoms with Crippen molar-refractivity contribution in [3.8, 4) is 0 Å². The first-order valence-electron chi connectivity index (χ1n) is 6.63. The summed E-state index contributed by atoms with van der Waals surface area (Å²) in [4.78, 5) is 18.7. The van der Waals surface area contributed by atoms with Crippen molar-refractivity contribution in [2.24, 2.45) is 0 Å². The summed E-state index contributed by atoms with van der Waals surface area (Å²) in [6, 6.07) is 4.34. The molecule has 2 atom stereocenters. The zero-order chi connectivity index (χ0) is 13.1. The number of nitrogens with one attached hydrogen (secondary N) is 1. The number of amides is 1. The molecule has 98 valence electrons. The van der Waals surface area contributed by atoms with Crippen LogP contribution in [0.3, 0.4) is 0 Å². The standard InChI is InChI=1S/C14H21N3O/c1-4-12-6-5-10(2)17(12)14(18)11-7-8-16-13(9-11)15-3/h7-10,12H,4-6H2,1-3H3,(H,15,16). The first-order valence-corrected chi connectivity index (χ1v) is 6.63. The summed E-state index contributed by atoms with van der Waals surface area (Å²) < 4.78 is 0. The lowest BCUT2D eigenvalue weighted by Gasteiger charge is -2.28. The van der Waals surface area contributed by atoms with Crippen molar-refractivity contribution in [1.82, 2.24) is 9.88 Å². The van der Waals surface area contributed by atoms with Crippen LogP contribution in [0.2, 0.25) is 0 Å². The van der Waals surface area contributed by atoms with Gasteiger partial charge in [-0.2, -0.15) is 0 Å². The van der Waals surface area contributed by atoms with E-state index < -0.39 is 0 Å². The van der Waals surface area contributed by atoms with E-state index >= 15 is 0 Å². The number of nitrogens with zero attached hydrogens (tertiary/aromatic N) is 2. The molecule has 1 N–H and O–H groups in total. The van der Waals surface area contributed by atoms with Gasteiger partial charge in [0.05, 0.1) is 0 Å². The molecule has 1 aliphatic rings. The molecule has 2 heterocycles. The smallest absolute Gasteiger partial charge is 0.254 e. The second-order valence-electron chi connectivity index (χ2n) is 4.88. The van der Waals surface area contributed by atoms with Gasteiger partial charge in [0.2, 0.25) is 0 Å². The van der Waals surface area contributed by atoms with Crippen LogP contribution < -0.4 is 5.32 Å². The normalized spacial score (nSPS) is 23.2. The number of hydrogen-bond donors (Lipinski definition) is 1. The summed E-state index contributed by atoms with van der Waals surface area (Å²) in [5.74, 6) is 0.867. The number of carbonyl (C=O) groups is 1. The summed E-state index contributed by atoms with van der Waals surface area (Å²) in [6.45, 7) is 4.28. The molecule has 0 aromatic carbocycles. The number of carbonyl (C=O) groups excluding carboxylic acids is 1. The van der Waals surface area contributed by atoms with E-state index in [-0.39, 0.29) is 5.91 Å². The third-order valence-electron chi connectivity index (χ3n) is 3.75. The van der Waals surface area contributed by atoms with Gasteiger partial charge < -0.3 is 10.2 Å². The molecule has 4 heteroatoms. The van der Waals surface area contributed by atoms with Gasteiger partial charge in [-0.05, 0) is 38.3 Å². The van der Waals surface area contributed by atoms with Crippen molar-refractivity contribution in [3.05, 3.63) is 23.9 Å². The molecule has 18 heavy (non-hydrogen) atoms. The second kappa shape index (κ2) is 5.38. The van der Waals surface area contributed by atoms with Gasteiger partial charge in [0.25, 0.3) is 5.91 Å². The van der Waals surface area contributed by atoms with E-state index in [2.05, 4.69) is 24.1 Å². The lowest BCUT2D eigenvalue weighted by molar-refractivity contribution is 0.0676. The minimum Gasteiger partial charge on any atom is -0.373 e. The molecular formula is C14H21N3O. The minimum absolute atomic E-state index is 0.130. The summed E-state index contributed by atoms with van der Waals surface area (Å²) in [7, 11) is 1.81. The van der Waals surface area contributed by atoms with E-state index in [1.807, 2.05) is 18.0 Å². The molecular weight excluding hydrogens is 226 g/mol. The molecule has 2 unspecified atom stereocenters. The number of likely N-dealkylation sites (tertiary alicyclic amines) is 1. The van der Waals surface area contributed by atoms with Crippen LogP contribution in [0.1, 0.15) is 43.5 Å². The second-order valence-corrected chi connectivity index (χ2v) is 4.88. The first kappa shape index (κ1) is 12.9. The quantitative estimate of drug-likeness (QED) is 0.892. The highest BCUT2D eigenvalue weighted by molar-refractivity contribution is 5.95. The molecule has 0 spiro atoms. The molecule has 1 saturated heterocycles. The van der Waals surface area contributed by atoms with Crippen molar-refractivity contribution in [2.45, 2.75) is 45.2 Å². The predicted molar refractivity (Wildman–Crippen MR) is 72.7 cm³/mol. The van der Waals surface area contributed by atoms with Crippen LogP contribution in [0.5, 0.6) is 0 Å². The highest BCUT2D eigenvalue weighted by atomic mass is 16.2. The fourth-order valence-corrected chi connectivity index (χ4v) is 2.69. The number of aromatic nitrogens is 1. The number of rotatable bonds is 3. The number of hydrogen-bond acceptors (Lipinski definition) is 3. The summed E-state index contributed by atoms with van der Waals surface area (Å²) in [6.07, 6.45) is 4.93. The van der Waals surface area contributed by atoms with Gasteiger partial charge in [-0.1, -0.05) is 6.92 Å². The third kappa shape index (κ3) is 2.33. The fourth-order valence-electron chi connectivity index (χ4n) is 2.69. The molecule has 1 amide bonds. The Hall–Kier alpha value is -1.58. The van der Waals surface area contributed by atoms with Gasteiger partial charge in [0.15, 0.2) is 0 Å². The molecule has 1 aromatic rings. The third-order valence-corrected chi connectivity index (χ3v) is 3.75. The summed E-state index contributed by atoms with van der Waals surface area (Å²) in [5, 5.41) is 2.97. The molecule has 1 aromatic heterocycles. The van der Waals surface area contributed by atoms with Crippen molar-refractivity contribution in [1.29, 1.82) is 0 Å². The fraction of sp³-hybridized carbons (Fsp3) is 0.571. The molecule has 0 saturated carbocycles. The maximum atomic E-state index is 12.6. The molecule has 0 aliphatic carbocycles. The Morgan fingerprint density at radius 1 is 1.56 bits per heavy atom. The molecule has 1 fully saturated rings. The molecule has 0 radical (unpaired) electrons. The zero-order valence-corrected chi connectivity index (χ0v) is 11.3. The topological polar surface area (TPSA) is 45.2 Å². The van der Waals surface area contributed by atoms with Crippen molar-refractivity contribution in [2.75, 3.05) is 12.4 Å². The van der Waals surface area contributed by atoms with Gasteiger partial charge in [-0.25, -0.2) is 4.98 Å². The van der Waals surface area contributed by atoms with Crippen LogP contribution in [0.4, 0.5) is 5.82 Å². The van der Waals surface area contributed by atoms with Crippen LogP contribution >= 0.6 is 0 Å². The van der Waals surface area contributed by atoms with E-state index in [1.54, 1.807) is 12.3 Å². The van der Waals surface area contributed by atoms with E-state index in [9.17, 15) is 4.79 Å². The highest BCUT2D eigenvalue weighted by Gasteiger charge is 2.33. The van der Waals surface area contributed by atoms with Crippen molar-refractivity contribution in [3.63, 3.8) is 0 Å². The Balaban J connectivity index is 2.24. The van der Waals surface area contributed by atoms with Gasteiger partial charge in [0, 0.05) is 30.9 Å². The lowest BCUT2D eigenvalue weighted by Crippen LogP contribution is -2.39. The Labute approximate surface area is 108 Å². The molecule has 4 nitrogen and oxygen atoms in total. The van der Waals surface area contributed by atoms with E-state index in [1.165, 1.54) is 0 Å². The minimum atomic E-state index is 0.130. The van der Waals surface area contributed by atoms with Gasteiger partial charge in [-0.3, -0.25) is 4.79 Å². The lowest BCUT2D eigenvalue weighted by atomic mass is 10.1. The Morgan fingerprint density at radius 3 is 3.00 bits per heavy atom. The maximum Gasteiger partial charge on any atom is 0.254 e. The Morgan fingerprint density at radius 2 is 2.33 bits per heavy atom. The van der Waals surface area contributed by atoms with Crippen LogP contribution in [0.15, 0.2) is 18.3 Å². The average molecular weight is 247 g/mol. The van der Waals surface area contributed by atoms with Crippen LogP contribution in [-0.2, 0) is 0 Å². The Kier molecular flexibility index (Phi) is 3.84. The number of anilines is 1. The largest absolute Gasteiger partial charge is 0.373 e. The van der Waals surface area contributed by atoms with Gasteiger partial charge in [0.1, 0.15) is 5.82 Å². The predicted octanol–water partition coefficient (Wildman–Crippen LogP) is 2.53.